The molecule has 174 valence electrons. The van der Waals surface area contributed by atoms with Crippen LogP contribution in [0.4, 0.5) is 4.39 Å². The Morgan fingerprint density at radius 2 is 1.73 bits per heavy atom. The zero-order chi connectivity index (χ0) is 22.5. The number of benzene rings is 2. The third-order valence-electron chi connectivity index (χ3n) is 6.64. The van der Waals surface area contributed by atoms with Crippen molar-refractivity contribution >= 4 is 11.8 Å². The molecule has 5 rings (SSSR count). The van der Waals surface area contributed by atoms with Crippen LogP contribution in [-0.4, -0.2) is 45.5 Å². The first kappa shape index (κ1) is 22.6. The molecule has 0 aliphatic carbocycles. The van der Waals surface area contributed by atoms with E-state index in [9.17, 15) is 4.39 Å². The molecular weight excluding hydrogens is 435 g/mol. The number of nitrogens with zero attached hydrogens (tertiary/aromatic N) is 4. The monoisotopic (exact) mass is 466 g/mol. The van der Waals surface area contributed by atoms with E-state index >= 15 is 0 Å². The predicted molar refractivity (Wildman–Crippen MR) is 129 cm³/mol. The molecule has 0 N–H and O–H groups in total. The molecule has 1 atom stereocenters. The molecule has 2 fully saturated rings. The molecule has 0 bridgehead atoms. The maximum Gasteiger partial charge on any atom is 0.191 e. The summed E-state index contributed by atoms with van der Waals surface area (Å²) >= 11 is 1.68. The first-order valence-electron chi connectivity index (χ1n) is 11.9. The summed E-state index contributed by atoms with van der Waals surface area (Å²) in [5, 5.41) is 10.2. The first-order valence-corrected chi connectivity index (χ1v) is 12.9. The average molecular weight is 467 g/mol. The van der Waals surface area contributed by atoms with E-state index in [2.05, 4.69) is 50.0 Å². The van der Waals surface area contributed by atoms with Gasteiger partial charge in [0.15, 0.2) is 5.16 Å². The fourth-order valence-electron chi connectivity index (χ4n) is 4.79. The van der Waals surface area contributed by atoms with E-state index in [1.165, 1.54) is 17.7 Å². The van der Waals surface area contributed by atoms with Crippen molar-refractivity contribution in [3.63, 3.8) is 0 Å². The molecule has 33 heavy (non-hydrogen) atoms. The molecule has 0 spiro atoms. The van der Waals surface area contributed by atoms with Gasteiger partial charge in [-0.15, -0.1) is 10.2 Å². The number of thioether (sulfide) groups is 1. The van der Waals surface area contributed by atoms with Gasteiger partial charge in [-0.2, -0.15) is 0 Å². The van der Waals surface area contributed by atoms with E-state index in [4.69, 9.17) is 4.74 Å². The Morgan fingerprint density at radius 1 is 0.939 bits per heavy atom. The zero-order valence-corrected chi connectivity index (χ0v) is 19.7. The molecule has 2 saturated heterocycles. The van der Waals surface area contributed by atoms with Crippen molar-refractivity contribution in [3.8, 4) is 0 Å². The van der Waals surface area contributed by atoms with Crippen LogP contribution in [0.3, 0.4) is 0 Å². The van der Waals surface area contributed by atoms with Gasteiger partial charge in [0.2, 0.25) is 0 Å². The number of hydrogen-bond acceptors (Lipinski definition) is 5. The van der Waals surface area contributed by atoms with Crippen LogP contribution in [0.15, 0.2) is 59.8 Å². The van der Waals surface area contributed by atoms with Gasteiger partial charge in [-0.3, -0.25) is 4.90 Å². The fraction of sp³-hybridized carbons (Fsp3) is 0.462. The van der Waals surface area contributed by atoms with Crippen LogP contribution >= 0.6 is 11.8 Å². The van der Waals surface area contributed by atoms with E-state index in [1.54, 1.807) is 11.8 Å². The van der Waals surface area contributed by atoms with Crippen molar-refractivity contribution in [1.82, 2.24) is 19.7 Å². The molecule has 0 unspecified atom stereocenters. The molecule has 0 saturated carbocycles. The quantitative estimate of drug-likeness (QED) is 0.423. The van der Waals surface area contributed by atoms with E-state index in [-0.39, 0.29) is 11.9 Å². The Labute approximate surface area is 199 Å². The molecule has 0 radical (unpaired) electrons. The second-order valence-corrected chi connectivity index (χ2v) is 9.98. The summed E-state index contributed by atoms with van der Waals surface area (Å²) in [5.41, 5.74) is 2.46. The lowest BCUT2D eigenvalue weighted by molar-refractivity contribution is 0.0931. The molecule has 2 aliphatic heterocycles. The van der Waals surface area contributed by atoms with Gasteiger partial charge in [0.05, 0.1) is 12.6 Å². The van der Waals surface area contributed by atoms with Crippen LogP contribution < -0.4 is 0 Å². The maximum atomic E-state index is 13.2. The zero-order valence-electron chi connectivity index (χ0n) is 18.9. The van der Waals surface area contributed by atoms with Crippen LogP contribution in [0.1, 0.15) is 48.6 Å². The summed E-state index contributed by atoms with van der Waals surface area (Å²) in [6.07, 6.45) is 4.65. The third kappa shape index (κ3) is 5.83. The van der Waals surface area contributed by atoms with Gasteiger partial charge in [0.1, 0.15) is 11.6 Å². The van der Waals surface area contributed by atoms with Gasteiger partial charge in [-0.1, -0.05) is 54.2 Å². The third-order valence-corrected chi connectivity index (χ3v) is 7.68. The highest BCUT2D eigenvalue weighted by molar-refractivity contribution is 7.98. The highest BCUT2D eigenvalue weighted by Gasteiger charge is 2.28. The van der Waals surface area contributed by atoms with E-state index < -0.39 is 0 Å². The summed E-state index contributed by atoms with van der Waals surface area (Å²) < 4.78 is 21.5. The topological polar surface area (TPSA) is 43.2 Å². The minimum atomic E-state index is -0.203. The van der Waals surface area contributed by atoms with Crippen molar-refractivity contribution in [2.24, 2.45) is 0 Å². The lowest BCUT2D eigenvalue weighted by Crippen LogP contribution is -2.33. The van der Waals surface area contributed by atoms with Gasteiger partial charge in [-0.05, 0) is 62.0 Å². The highest BCUT2D eigenvalue weighted by atomic mass is 32.2. The average Bonchev–Trinajstić information content (AvgIpc) is 3.51. The van der Waals surface area contributed by atoms with Crippen molar-refractivity contribution in [3.05, 3.63) is 77.4 Å². The Kier molecular flexibility index (Phi) is 7.39. The fourth-order valence-corrected chi connectivity index (χ4v) is 5.70. The standard InChI is InChI=1S/C26H31FN4OS/c27-23-10-8-21(9-11-23)19-33-26-29-28-25(31(26)18-24-7-4-16-32-24)22-12-14-30(15-13-22)17-20-5-2-1-3-6-20/h1-3,5-6,8-11,22,24H,4,7,12-19H2/t24-/m0/s1. The van der Waals surface area contributed by atoms with Crippen molar-refractivity contribution in [2.75, 3.05) is 19.7 Å². The van der Waals surface area contributed by atoms with Crippen LogP contribution in [0, 0.1) is 5.82 Å². The molecule has 7 heteroatoms. The summed E-state index contributed by atoms with van der Waals surface area (Å²) in [4.78, 5) is 2.54. The number of halogens is 1. The normalized spacial score (nSPS) is 19.8. The lowest BCUT2D eigenvalue weighted by atomic mass is 9.95. The summed E-state index contributed by atoms with van der Waals surface area (Å²) in [7, 11) is 0. The van der Waals surface area contributed by atoms with Crippen LogP contribution in [0.25, 0.3) is 0 Å². The smallest absolute Gasteiger partial charge is 0.191 e. The number of ether oxygens (including phenoxy) is 1. The molecular formula is C26H31FN4OS. The Morgan fingerprint density at radius 3 is 2.45 bits per heavy atom. The Hall–Kier alpha value is -2.22. The molecule has 2 aliphatic rings. The first-order chi connectivity index (χ1) is 16.2. The van der Waals surface area contributed by atoms with Gasteiger partial charge < -0.3 is 9.30 Å². The summed E-state index contributed by atoms with van der Waals surface area (Å²) in [6.45, 7) is 4.82. The van der Waals surface area contributed by atoms with Crippen LogP contribution in [0.2, 0.25) is 0 Å². The number of piperidine rings is 1. The predicted octanol–water partition coefficient (Wildman–Crippen LogP) is 5.27. The Balaban J connectivity index is 1.26. The highest BCUT2D eigenvalue weighted by Crippen LogP contribution is 2.32. The van der Waals surface area contributed by atoms with Gasteiger partial charge >= 0.3 is 0 Å². The molecule has 3 heterocycles. The Bertz CT molecular complexity index is 1010. The van der Waals surface area contributed by atoms with Crippen molar-refractivity contribution in [2.45, 2.75) is 61.7 Å². The molecule has 5 nitrogen and oxygen atoms in total. The molecule has 3 aromatic rings. The van der Waals surface area contributed by atoms with Crippen molar-refractivity contribution < 1.29 is 9.13 Å². The van der Waals surface area contributed by atoms with E-state index in [0.717, 1.165) is 80.8 Å². The molecule has 2 aromatic carbocycles. The van der Waals surface area contributed by atoms with E-state index in [1.807, 2.05) is 12.1 Å². The summed E-state index contributed by atoms with van der Waals surface area (Å²) in [6, 6.07) is 17.4. The van der Waals surface area contributed by atoms with Gasteiger partial charge in [-0.25, -0.2) is 4.39 Å². The number of likely N-dealkylation sites (tertiary alicyclic amines) is 1. The van der Waals surface area contributed by atoms with Crippen LogP contribution in [0.5, 0.6) is 0 Å². The largest absolute Gasteiger partial charge is 0.376 e. The number of aromatic nitrogens is 3. The van der Waals surface area contributed by atoms with Gasteiger partial charge in [0, 0.05) is 24.8 Å². The van der Waals surface area contributed by atoms with Crippen LogP contribution in [-0.2, 0) is 23.6 Å². The lowest BCUT2D eigenvalue weighted by Gasteiger charge is -2.32. The van der Waals surface area contributed by atoms with Gasteiger partial charge in [0.25, 0.3) is 0 Å². The SMILES string of the molecule is Fc1ccc(CSc2nnc(C3CCN(Cc4ccccc4)CC3)n2C[C@@H]2CCCO2)cc1. The second-order valence-electron chi connectivity index (χ2n) is 9.04. The van der Waals surface area contributed by atoms with Crippen molar-refractivity contribution in [1.29, 1.82) is 0 Å². The number of rotatable bonds is 8. The summed E-state index contributed by atoms with van der Waals surface area (Å²) in [5.74, 6) is 2.07. The van der Waals surface area contributed by atoms with E-state index in [0.29, 0.717) is 5.92 Å². The maximum absolute atomic E-state index is 13.2. The minimum absolute atomic E-state index is 0.203. The molecule has 0 amide bonds. The number of hydrogen-bond donors (Lipinski definition) is 0. The second kappa shape index (κ2) is 10.8. The minimum Gasteiger partial charge on any atom is -0.376 e. The molecule has 1 aromatic heterocycles.